The molecule has 0 bridgehead atoms. The summed E-state index contributed by atoms with van der Waals surface area (Å²) in [7, 11) is 0. The Kier molecular flexibility index (Phi) is 10.9. The minimum atomic E-state index is -0.784. The number of rotatable bonds is 15. The van der Waals surface area contributed by atoms with Crippen molar-refractivity contribution in [1.29, 1.82) is 0 Å². The lowest BCUT2D eigenvalue weighted by Crippen LogP contribution is -2.03. The highest BCUT2D eigenvalue weighted by molar-refractivity contribution is 5.70. The predicted molar refractivity (Wildman–Crippen MR) is 118 cm³/mol. The second kappa shape index (κ2) is 13.8. The van der Waals surface area contributed by atoms with Crippen LogP contribution in [0.25, 0.3) is 0 Å². The number of hydrogen-bond donors (Lipinski definition) is 2. The van der Waals surface area contributed by atoms with E-state index in [1.165, 1.54) is 69.8 Å². The third-order valence-electron chi connectivity index (χ3n) is 5.12. The molecular weight excluding hydrogens is 346 g/mol. The molecule has 152 valence electrons. The summed E-state index contributed by atoms with van der Waals surface area (Å²) >= 11 is 0. The minimum absolute atomic E-state index is 0.0906. The molecule has 0 atom stereocenters. The summed E-state index contributed by atoms with van der Waals surface area (Å²) in [6.45, 7) is 0.984. The molecule has 0 saturated heterocycles. The van der Waals surface area contributed by atoms with E-state index in [2.05, 4.69) is 35.6 Å². The molecule has 0 aromatic heterocycles. The summed E-state index contributed by atoms with van der Waals surface area (Å²) < 4.78 is 0. The fourth-order valence-electron chi connectivity index (χ4n) is 3.48. The number of carboxylic acid groups (broad SMARTS) is 1. The zero-order valence-corrected chi connectivity index (χ0v) is 17.0. The molecule has 0 aliphatic heterocycles. The summed E-state index contributed by atoms with van der Waals surface area (Å²) in [6, 6.07) is 18.5. The van der Waals surface area contributed by atoms with Crippen LogP contribution in [0.2, 0.25) is 0 Å². The van der Waals surface area contributed by atoms with Gasteiger partial charge in [0.25, 0.3) is 0 Å². The Bertz CT molecular complexity index is 652. The van der Waals surface area contributed by atoms with Crippen LogP contribution in [-0.4, -0.2) is 17.6 Å². The number of benzene rings is 2. The number of hydrogen-bond acceptors (Lipinski definition) is 2. The first-order valence-corrected chi connectivity index (χ1v) is 10.8. The number of aliphatic carboxylic acids is 1. The molecule has 0 unspecified atom stereocenters. The van der Waals surface area contributed by atoms with Crippen LogP contribution >= 0.6 is 0 Å². The summed E-state index contributed by atoms with van der Waals surface area (Å²) in [6.07, 6.45) is 13.2. The van der Waals surface area contributed by atoms with Crippen LogP contribution in [0, 0.1) is 0 Å². The Morgan fingerprint density at radius 3 is 1.86 bits per heavy atom. The average molecular weight is 382 g/mol. The van der Waals surface area contributed by atoms with Crippen LogP contribution in [0.1, 0.15) is 68.9 Å². The topological polar surface area (TPSA) is 49.3 Å². The van der Waals surface area contributed by atoms with Gasteiger partial charge in [-0.1, -0.05) is 87.4 Å². The lowest BCUT2D eigenvalue weighted by Gasteiger charge is -2.07. The number of unbranched alkanes of at least 4 members (excludes halogenated alkanes) is 8. The SMILES string of the molecule is O=C(O)Cc1ccc(NCCCCCCCCCCCc2ccccc2)cc1. The van der Waals surface area contributed by atoms with Gasteiger partial charge in [0.15, 0.2) is 0 Å². The van der Waals surface area contributed by atoms with E-state index < -0.39 is 5.97 Å². The van der Waals surface area contributed by atoms with Crippen molar-refractivity contribution in [2.24, 2.45) is 0 Å². The maximum absolute atomic E-state index is 10.7. The third-order valence-corrected chi connectivity index (χ3v) is 5.12. The number of nitrogens with one attached hydrogen (secondary N) is 1. The molecule has 0 radical (unpaired) electrons. The molecule has 2 N–H and O–H groups in total. The van der Waals surface area contributed by atoms with Gasteiger partial charge in [-0.15, -0.1) is 0 Å². The van der Waals surface area contributed by atoms with E-state index in [0.717, 1.165) is 17.8 Å². The van der Waals surface area contributed by atoms with Gasteiger partial charge in [-0.25, -0.2) is 0 Å². The highest BCUT2D eigenvalue weighted by Gasteiger charge is 2.00. The quantitative estimate of drug-likeness (QED) is 0.347. The van der Waals surface area contributed by atoms with Crippen LogP contribution in [0.3, 0.4) is 0 Å². The first-order chi connectivity index (χ1) is 13.7. The predicted octanol–water partition coefficient (Wildman–Crippen LogP) is 6.48. The van der Waals surface area contributed by atoms with Gasteiger partial charge in [0.1, 0.15) is 0 Å². The molecule has 0 aliphatic rings. The molecule has 0 amide bonds. The lowest BCUT2D eigenvalue weighted by molar-refractivity contribution is -0.136. The fraction of sp³-hybridized carbons (Fsp3) is 0.480. The first-order valence-electron chi connectivity index (χ1n) is 10.8. The van der Waals surface area contributed by atoms with Crippen molar-refractivity contribution >= 4 is 11.7 Å². The average Bonchev–Trinajstić information content (AvgIpc) is 2.70. The van der Waals surface area contributed by atoms with Crippen molar-refractivity contribution in [3.63, 3.8) is 0 Å². The molecule has 0 aliphatic carbocycles. The second-order valence-corrected chi connectivity index (χ2v) is 7.61. The Morgan fingerprint density at radius 1 is 0.679 bits per heavy atom. The maximum Gasteiger partial charge on any atom is 0.307 e. The Labute approximate surface area is 170 Å². The van der Waals surface area contributed by atoms with Gasteiger partial charge < -0.3 is 10.4 Å². The van der Waals surface area contributed by atoms with E-state index in [1.54, 1.807) is 0 Å². The summed E-state index contributed by atoms with van der Waals surface area (Å²) in [4.78, 5) is 10.7. The molecule has 2 aromatic rings. The van der Waals surface area contributed by atoms with Crippen molar-refractivity contribution in [1.82, 2.24) is 0 Å². The largest absolute Gasteiger partial charge is 0.481 e. The molecule has 0 heterocycles. The fourth-order valence-corrected chi connectivity index (χ4v) is 3.48. The number of aryl methyl sites for hydroxylation is 1. The van der Waals surface area contributed by atoms with Crippen molar-refractivity contribution < 1.29 is 9.90 Å². The van der Waals surface area contributed by atoms with E-state index in [-0.39, 0.29) is 6.42 Å². The van der Waals surface area contributed by atoms with Crippen LogP contribution in [0.5, 0.6) is 0 Å². The van der Waals surface area contributed by atoms with E-state index >= 15 is 0 Å². The monoisotopic (exact) mass is 381 g/mol. The maximum atomic E-state index is 10.7. The molecule has 3 nitrogen and oxygen atoms in total. The van der Waals surface area contributed by atoms with Crippen LogP contribution in [0.15, 0.2) is 54.6 Å². The standard InChI is InChI=1S/C25H35NO2/c27-25(28)21-23-16-18-24(19-17-23)26-20-12-7-5-3-1-2-4-6-9-13-22-14-10-8-11-15-22/h8,10-11,14-19,26H,1-7,9,12-13,20-21H2,(H,27,28). The van der Waals surface area contributed by atoms with E-state index in [9.17, 15) is 4.79 Å². The lowest BCUT2D eigenvalue weighted by atomic mass is 10.0. The Balaban J connectivity index is 1.37. The van der Waals surface area contributed by atoms with E-state index in [0.29, 0.717) is 0 Å². The van der Waals surface area contributed by atoms with Gasteiger partial charge in [0.05, 0.1) is 6.42 Å². The molecule has 28 heavy (non-hydrogen) atoms. The molecule has 2 aromatic carbocycles. The van der Waals surface area contributed by atoms with Gasteiger partial charge in [-0.2, -0.15) is 0 Å². The van der Waals surface area contributed by atoms with E-state index in [4.69, 9.17) is 5.11 Å². The van der Waals surface area contributed by atoms with Crippen molar-refractivity contribution in [2.75, 3.05) is 11.9 Å². The highest BCUT2D eigenvalue weighted by atomic mass is 16.4. The van der Waals surface area contributed by atoms with Crippen molar-refractivity contribution in [3.05, 3.63) is 65.7 Å². The Hall–Kier alpha value is -2.29. The van der Waals surface area contributed by atoms with Gasteiger partial charge >= 0.3 is 5.97 Å². The number of anilines is 1. The summed E-state index contributed by atoms with van der Waals surface area (Å²) in [5, 5.41) is 12.2. The third kappa shape index (κ3) is 10.1. The number of carbonyl (C=O) groups is 1. The van der Waals surface area contributed by atoms with Crippen LogP contribution in [0.4, 0.5) is 5.69 Å². The zero-order chi connectivity index (χ0) is 19.9. The van der Waals surface area contributed by atoms with Gasteiger partial charge in [0, 0.05) is 12.2 Å². The van der Waals surface area contributed by atoms with Crippen molar-refractivity contribution in [3.8, 4) is 0 Å². The van der Waals surface area contributed by atoms with E-state index in [1.807, 2.05) is 24.3 Å². The highest BCUT2D eigenvalue weighted by Crippen LogP contribution is 2.13. The van der Waals surface area contributed by atoms with Crippen molar-refractivity contribution in [2.45, 2.75) is 70.6 Å². The summed E-state index contributed by atoms with van der Waals surface area (Å²) in [5.74, 6) is -0.784. The smallest absolute Gasteiger partial charge is 0.307 e. The van der Waals surface area contributed by atoms with Crippen LogP contribution < -0.4 is 5.32 Å². The minimum Gasteiger partial charge on any atom is -0.481 e. The molecule has 2 rings (SSSR count). The van der Waals surface area contributed by atoms with Gasteiger partial charge in [0.2, 0.25) is 0 Å². The zero-order valence-electron chi connectivity index (χ0n) is 17.0. The normalized spacial score (nSPS) is 10.7. The Morgan fingerprint density at radius 2 is 1.25 bits per heavy atom. The summed E-state index contributed by atoms with van der Waals surface area (Å²) in [5.41, 5.74) is 3.38. The van der Waals surface area contributed by atoms with Crippen LogP contribution in [-0.2, 0) is 17.6 Å². The second-order valence-electron chi connectivity index (χ2n) is 7.61. The first kappa shape index (κ1) is 22.0. The van der Waals surface area contributed by atoms with Gasteiger partial charge in [-0.05, 0) is 42.5 Å². The number of carboxylic acids is 1. The molecule has 0 saturated carbocycles. The molecule has 3 heteroatoms. The van der Waals surface area contributed by atoms with Gasteiger partial charge in [-0.3, -0.25) is 4.79 Å². The molecule has 0 spiro atoms. The molecule has 0 fully saturated rings. The molecular formula is C25H35NO2.